The van der Waals surface area contributed by atoms with Crippen LogP contribution in [0, 0.1) is 5.92 Å². The maximum atomic E-state index is 12.0. The zero-order valence-electron chi connectivity index (χ0n) is 12.3. The van der Waals surface area contributed by atoms with E-state index in [2.05, 4.69) is 10.6 Å². The number of hydrogen-bond acceptors (Lipinski definition) is 2. The normalized spacial score (nSPS) is 20.0. The maximum Gasteiger partial charge on any atom is 0.220 e. The molecule has 0 radical (unpaired) electrons. The zero-order chi connectivity index (χ0) is 15.2. The third-order valence-electron chi connectivity index (χ3n) is 4.00. The minimum atomic E-state index is -0.0586. The van der Waals surface area contributed by atoms with Gasteiger partial charge in [-0.1, -0.05) is 29.3 Å². The second-order valence-corrected chi connectivity index (χ2v) is 6.53. The van der Waals surface area contributed by atoms with E-state index in [0.717, 1.165) is 25.1 Å². The van der Waals surface area contributed by atoms with E-state index in [1.165, 1.54) is 12.8 Å². The molecule has 1 amide bonds. The van der Waals surface area contributed by atoms with Gasteiger partial charge in [-0.3, -0.25) is 4.79 Å². The number of piperidine rings is 1. The topological polar surface area (TPSA) is 41.1 Å². The van der Waals surface area contributed by atoms with Gasteiger partial charge in [0, 0.05) is 6.42 Å². The molecule has 1 fully saturated rings. The lowest BCUT2D eigenvalue weighted by Gasteiger charge is -2.22. The van der Waals surface area contributed by atoms with E-state index in [0.29, 0.717) is 22.4 Å². The van der Waals surface area contributed by atoms with Gasteiger partial charge >= 0.3 is 0 Å². The van der Waals surface area contributed by atoms with Gasteiger partial charge in [-0.05, 0) is 62.9 Å². The van der Waals surface area contributed by atoms with E-state index in [1.807, 2.05) is 13.0 Å². The number of hydrogen-bond donors (Lipinski definition) is 2. The molecular formula is C16H22Cl2N2O. The second kappa shape index (κ2) is 8.02. The minimum absolute atomic E-state index is 0.0586. The molecule has 2 rings (SSSR count). The highest BCUT2D eigenvalue weighted by Gasteiger charge is 2.16. The summed E-state index contributed by atoms with van der Waals surface area (Å²) in [5.74, 6) is 0.726. The van der Waals surface area contributed by atoms with E-state index < -0.39 is 0 Å². The first-order chi connectivity index (χ1) is 10.1. The molecule has 0 spiro atoms. The first-order valence-corrected chi connectivity index (χ1v) is 8.27. The molecular weight excluding hydrogens is 307 g/mol. The van der Waals surface area contributed by atoms with E-state index >= 15 is 0 Å². The minimum Gasteiger partial charge on any atom is -0.350 e. The number of rotatable bonds is 5. The molecule has 1 aliphatic heterocycles. The van der Waals surface area contributed by atoms with Crippen molar-refractivity contribution in [2.75, 3.05) is 13.1 Å². The second-order valence-electron chi connectivity index (χ2n) is 5.71. The Labute approximate surface area is 136 Å². The summed E-state index contributed by atoms with van der Waals surface area (Å²) >= 11 is 11.9. The van der Waals surface area contributed by atoms with Crippen LogP contribution in [0.25, 0.3) is 0 Å². The van der Waals surface area contributed by atoms with Crippen molar-refractivity contribution in [3.8, 4) is 0 Å². The highest BCUT2D eigenvalue weighted by atomic mass is 35.5. The van der Waals surface area contributed by atoms with Crippen molar-refractivity contribution in [2.45, 2.75) is 38.6 Å². The predicted molar refractivity (Wildman–Crippen MR) is 87.8 cm³/mol. The van der Waals surface area contributed by atoms with Crippen LogP contribution in [-0.2, 0) is 4.79 Å². The summed E-state index contributed by atoms with van der Waals surface area (Å²) in [6.45, 7) is 4.10. The molecule has 0 aromatic heterocycles. The van der Waals surface area contributed by atoms with Crippen LogP contribution >= 0.6 is 23.2 Å². The van der Waals surface area contributed by atoms with Crippen molar-refractivity contribution in [1.82, 2.24) is 10.6 Å². The largest absolute Gasteiger partial charge is 0.350 e. The van der Waals surface area contributed by atoms with Crippen LogP contribution in [0.3, 0.4) is 0 Å². The Morgan fingerprint density at radius 1 is 1.43 bits per heavy atom. The monoisotopic (exact) mass is 328 g/mol. The van der Waals surface area contributed by atoms with Crippen LogP contribution in [-0.4, -0.2) is 19.0 Å². The van der Waals surface area contributed by atoms with Crippen LogP contribution in [0.1, 0.15) is 44.2 Å². The molecule has 1 saturated heterocycles. The number of halogens is 2. The molecule has 1 heterocycles. The molecule has 21 heavy (non-hydrogen) atoms. The van der Waals surface area contributed by atoms with E-state index in [9.17, 15) is 4.79 Å². The Bertz CT molecular complexity index is 487. The fraction of sp³-hybridized carbons (Fsp3) is 0.562. The number of carbonyl (C=O) groups is 1. The van der Waals surface area contributed by atoms with E-state index in [4.69, 9.17) is 23.2 Å². The first kappa shape index (κ1) is 16.6. The highest BCUT2D eigenvalue weighted by molar-refractivity contribution is 6.42. The van der Waals surface area contributed by atoms with Gasteiger partial charge in [-0.2, -0.15) is 0 Å². The fourth-order valence-electron chi connectivity index (χ4n) is 2.68. The Morgan fingerprint density at radius 3 is 2.90 bits per heavy atom. The zero-order valence-corrected chi connectivity index (χ0v) is 13.8. The highest BCUT2D eigenvalue weighted by Crippen LogP contribution is 2.25. The molecule has 3 nitrogen and oxygen atoms in total. The molecule has 2 atom stereocenters. The Balaban J connectivity index is 1.79. The Hall–Kier alpha value is -0.770. The van der Waals surface area contributed by atoms with Crippen LogP contribution in [0.2, 0.25) is 10.0 Å². The van der Waals surface area contributed by atoms with E-state index in [1.54, 1.807) is 12.1 Å². The van der Waals surface area contributed by atoms with Crippen molar-refractivity contribution >= 4 is 29.1 Å². The third-order valence-corrected chi connectivity index (χ3v) is 4.74. The number of carbonyl (C=O) groups excluding carboxylic acids is 1. The molecule has 0 bridgehead atoms. The van der Waals surface area contributed by atoms with E-state index in [-0.39, 0.29) is 11.9 Å². The van der Waals surface area contributed by atoms with Crippen molar-refractivity contribution in [1.29, 1.82) is 0 Å². The van der Waals surface area contributed by atoms with Gasteiger partial charge < -0.3 is 10.6 Å². The molecule has 116 valence electrons. The average Bonchev–Trinajstić information content (AvgIpc) is 2.49. The molecule has 0 aliphatic carbocycles. The molecule has 1 aromatic rings. The smallest absolute Gasteiger partial charge is 0.220 e. The summed E-state index contributed by atoms with van der Waals surface area (Å²) in [5.41, 5.74) is 0.970. The summed E-state index contributed by atoms with van der Waals surface area (Å²) in [4.78, 5) is 12.0. The summed E-state index contributed by atoms with van der Waals surface area (Å²) in [6, 6.07) is 5.40. The van der Waals surface area contributed by atoms with Crippen molar-refractivity contribution in [3.05, 3.63) is 33.8 Å². The predicted octanol–water partition coefficient (Wildman–Crippen LogP) is 3.95. The summed E-state index contributed by atoms with van der Waals surface area (Å²) < 4.78 is 0. The van der Waals surface area contributed by atoms with Gasteiger partial charge in [0.2, 0.25) is 5.91 Å². The Morgan fingerprint density at radius 2 is 2.24 bits per heavy atom. The van der Waals surface area contributed by atoms with Gasteiger partial charge in [0.25, 0.3) is 0 Å². The van der Waals surface area contributed by atoms with Crippen molar-refractivity contribution in [3.63, 3.8) is 0 Å². The SMILES string of the molecule is CC(NC(=O)CCC1CCCNC1)c1ccc(Cl)c(Cl)c1. The molecule has 1 aromatic carbocycles. The molecule has 1 aliphatic rings. The standard InChI is InChI=1S/C16H22Cl2N2O/c1-11(13-5-6-14(17)15(18)9-13)20-16(21)7-4-12-3-2-8-19-10-12/h5-6,9,11-12,19H,2-4,7-8,10H2,1H3,(H,20,21). The fourth-order valence-corrected chi connectivity index (χ4v) is 2.99. The van der Waals surface area contributed by atoms with Gasteiger partial charge in [0.1, 0.15) is 0 Å². The third kappa shape index (κ3) is 5.17. The van der Waals surface area contributed by atoms with Crippen molar-refractivity contribution < 1.29 is 4.79 Å². The van der Waals surface area contributed by atoms with Crippen LogP contribution < -0.4 is 10.6 Å². The van der Waals surface area contributed by atoms with Gasteiger partial charge in [-0.25, -0.2) is 0 Å². The summed E-state index contributed by atoms with van der Waals surface area (Å²) in [6.07, 6.45) is 3.97. The summed E-state index contributed by atoms with van der Waals surface area (Å²) in [7, 11) is 0. The first-order valence-electron chi connectivity index (χ1n) is 7.51. The molecule has 2 unspecified atom stereocenters. The number of benzene rings is 1. The lowest BCUT2D eigenvalue weighted by Crippen LogP contribution is -2.31. The van der Waals surface area contributed by atoms with Crippen molar-refractivity contribution in [2.24, 2.45) is 5.92 Å². The quantitative estimate of drug-likeness (QED) is 0.859. The van der Waals surface area contributed by atoms with Crippen LogP contribution in [0.5, 0.6) is 0 Å². The lowest BCUT2D eigenvalue weighted by atomic mass is 9.94. The number of amides is 1. The number of nitrogens with one attached hydrogen (secondary N) is 2. The molecule has 5 heteroatoms. The maximum absolute atomic E-state index is 12.0. The van der Waals surface area contributed by atoms with Gasteiger partial charge in [0.15, 0.2) is 0 Å². The average molecular weight is 329 g/mol. The summed E-state index contributed by atoms with van der Waals surface area (Å²) in [5, 5.41) is 7.45. The van der Waals surface area contributed by atoms with Gasteiger partial charge in [-0.15, -0.1) is 0 Å². The Kier molecular flexibility index (Phi) is 6.34. The lowest BCUT2D eigenvalue weighted by molar-refractivity contribution is -0.122. The van der Waals surface area contributed by atoms with Crippen LogP contribution in [0.15, 0.2) is 18.2 Å². The molecule has 0 saturated carbocycles. The van der Waals surface area contributed by atoms with Gasteiger partial charge in [0.05, 0.1) is 16.1 Å². The van der Waals surface area contributed by atoms with Crippen LogP contribution in [0.4, 0.5) is 0 Å². The molecule has 2 N–H and O–H groups in total.